The zero-order valence-corrected chi connectivity index (χ0v) is 54.7. The summed E-state index contributed by atoms with van der Waals surface area (Å²) in [7, 11) is 0. The highest BCUT2D eigenvalue weighted by atomic mass is 16.6. The number of aromatic nitrogens is 1. The van der Waals surface area contributed by atoms with Gasteiger partial charge in [0.2, 0.25) is 0 Å². The Labute approximate surface area is 490 Å². The molecule has 0 aliphatic carbocycles. The molecule has 1 rings (SSSR count). The maximum absolute atomic E-state index is 15.7. The van der Waals surface area contributed by atoms with Gasteiger partial charge in [-0.05, 0) is 165 Å². The van der Waals surface area contributed by atoms with Gasteiger partial charge in [0.1, 0.15) is 0 Å². The Morgan fingerprint density at radius 1 is 0.375 bits per heavy atom. The molecule has 1 heterocycles. The highest BCUT2D eigenvalue weighted by molar-refractivity contribution is 5.85. The number of carbonyl (C=O) groups excluding carboxylic acids is 5. The zero-order chi connectivity index (χ0) is 60.4. The third-order valence-corrected chi connectivity index (χ3v) is 18.0. The minimum Gasteiger partial charge on any atom is -0.465 e. The Hall–Kier alpha value is -3.50. The van der Waals surface area contributed by atoms with Crippen molar-refractivity contribution in [2.24, 2.45) is 56.7 Å². The lowest BCUT2D eigenvalue weighted by molar-refractivity contribution is -0.176. The van der Waals surface area contributed by atoms with E-state index in [2.05, 4.69) is 81.1 Å². The van der Waals surface area contributed by atoms with Gasteiger partial charge < -0.3 is 23.7 Å². The molecule has 10 unspecified atom stereocenters. The molecule has 0 N–H and O–H groups in total. The molecule has 0 radical (unpaired) electrons. The van der Waals surface area contributed by atoms with Crippen molar-refractivity contribution >= 4 is 29.8 Å². The van der Waals surface area contributed by atoms with E-state index in [1.54, 1.807) is 12.4 Å². The Bertz CT molecular complexity index is 1870. The molecule has 11 nitrogen and oxygen atoms in total. The maximum Gasteiger partial charge on any atom is 0.311 e. The maximum atomic E-state index is 15.7. The van der Waals surface area contributed by atoms with E-state index in [1.165, 1.54) is 0 Å². The van der Waals surface area contributed by atoms with Crippen molar-refractivity contribution in [1.29, 1.82) is 0 Å². The van der Waals surface area contributed by atoms with Crippen molar-refractivity contribution in [2.75, 3.05) is 33.0 Å². The number of esters is 5. The van der Waals surface area contributed by atoms with E-state index < -0.39 is 51.0 Å². The molecule has 0 spiro atoms. The van der Waals surface area contributed by atoms with Crippen molar-refractivity contribution in [3.63, 3.8) is 0 Å². The van der Waals surface area contributed by atoms with Crippen LogP contribution in [0.4, 0.5) is 0 Å². The molecule has 1 aromatic rings. The summed E-state index contributed by atoms with van der Waals surface area (Å²) >= 11 is 0. The number of ether oxygens (including phenoxy) is 5. The lowest BCUT2D eigenvalue weighted by atomic mass is 9.59. The molecule has 0 aliphatic rings. The highest BCUT2D eigenvalue weighted by Gasteiger charge is 2.56. The fourth-order valence-corrected chi connectivity index (χ4v) is 12.5. The number of nitrogens with zero attached hydrogens (tertiary/aromatic N) is 1. The summed E-state index contributed by atoms with van der Waals surface area (Å²) in [6.07, 6.45) is 23.4. The molecule has 1 aromatic heterocycles. The van der Waals surface area contributed by atoms with E-state index in [9.17, 15) is 4.79 Å². The second-order valence-corrected chi connectivity index (χ2v) is 26.5. The molecule has 0 fully saturated rings. The number of carbonyl (C=O) groups is 5. The molecule has 464 valence electrons. The van der Waals surface area contributed by atoms with E-state index in [1.807, 2.05) is 53.7 Å². The number of pyridine rings is 1. The highest BCUT2D eigenvalue weighted by Crippen LogP contribution is 2.53. The molecular weight excluding hydrogens is 1000 g/mol. The largest absolute Gasteiger partial charge is 0.465 e. The molecule has 0 aliphatic heterocycles. The van der Waals surface area contributed by atoms with Crippen molar-refractivity contribution in [1.82, 2.24) is 4.98 Å². The van der Waals surface area contributed by atoms with Gasteiger partial charge >= 0.3 is 29.8 Å². The van der Waals surface area contributed by atoms with Crippen LogP contribution in [-0.2, 0) is 47.7 Å². The van der Waals surface area contributed by atoms with E-state index in [0.717, 1.165) is 134 Å². The monoisotopic (exact) mass is 1130 g/mol. The van der Waals surface area contributed by atoms with Crippen LogP contribution in [0.25, 0.3) is 0 Å². The van der Waals surface area contributed by atoms with Crippen LogP contribution in [0.1, 0.15) is 296 Å². The number of unbranched alkanes of at least 4 members (excludes halogenated alkanes) is 5. The van der Waals surface area contributed by atoms with Gasteiger partial charge in [-0.3, -0.25) is 29.0 Å². The van der Waals surface area contributed by atoms with Gasteiger partial charge in [0, 0.05) is 12.4 Å². The molecule has 80 heavy (non-hydrogen) atoms. The first kappa shape index (κ1) is 74.5. The summed E-state index contributed by atoms with van der Waals surface area (Å²) in [5.74, 6) is -1.67. The van der Waals surface area contributed by atoms with Crippen LogP contribution in [0, 0.1) is 56.7 Å². The van der Waals surface area contributed by atoms with Gasteiger partial charge in [-0.25, -0.2) is 0 Å². The Morgan fingerprint density at radius 3 is 0.912 bits per heavy atom. The first-order chi connectivity index (χ1) is 37.9. The molecule has 10 atom stereocenters. The third-order valence-electron chi connectivity index (χ3n) is 18.0. The van der Waals surface area contributed by atoms with E-state index in [4.69, 9.17) is 23.7 Å². The molecule has 0 saturated heterocycles. The summed E-state index contributed by atoms with van der Waals surface area (Å²) < 4.78 is 32.0. The van der Waals surface area contributed by atoms with Crippen molar-refractivity contribution in [3.05, 3.63) is 30.1 Å². The summed E-state index contributed by atoms with van der Waals surface area (Å²) in [6.45, 7) is 35.6. The molecule has 0 bridgehead atoms. The second kappa shape index (κ2) is 39.1. The summed E-state index contributed by atoms with van der Waals surface area (Å²) in [5, 5.41) is 0. The molecule has 0 amide bonds. The summed E-state index contributed by atoms with van der Waals surface area (Å²) in [6, 6.07) is 3.98. The summed E-state index contributed by atoms with van der Waals surface area (Å²) in [5.41, 5.74) is -5.91. The van der Waals surface area contributed by atoms with Crippen molar-refractivity contribution < 1.29 is 47.7 Å². The van der Waals surface area contributed by atoms with Gasteiger partial charge in [-0.15, -0.1) is 0 Å². The third kappa shape index (κ3) is 26.0. The van der Waals surface area contributed by atoms with Crippen LogP contribution in [0.3, 0.4) is 0 Å². The molecule has 11 heteroatoms. The van der Waals surface area contributed by atoms with E-state index in [0.29, 0.717) is 12.8 Å². The molecule has 0 saturated carbocycles. The first-order valence-electron chi connectivity index (χ1n) is 32.7. The van der Waals surface area contributed by atoms with Crippen LogP contribution in [0.2, 0.25) is 0 Å². The quantitative estimate of drug-likeness (QED) is 0.0454. The smallest absolute Gasteiger partial charge is 0.311 e. The normalized spacial score (nSPS) is 17.2. The molecule has 0 aromatic carbocycles. The molecular formula is C69H123NO10. The van der Waals surface area contributed by atoms with Crippen molar-refractivity contribution in [3.8, 4) is 0 Å². The number of hydrogen-bond donors (Lipinski definition) is 0. The Kier molecular flexibility index (Phi) is 36.4. The zero-order valence-electron chi connectivity index (χ0n) is 54.7. The van der Waals surface area contributed by atoms with Gasteiger partial charge in [0.05, 0.1) is 60.1 Å². The van der Waals surface area contributed by atoms with Gasteiger partial charge in [0.15, 0.2) is 0 Å². The lowest BCUT2D eigenvalue weighted by Gasteiger charge is -2.45. The predicted octanol–water partition coefficient (Wildman–Crippen LogP) is 18.4. The van der Waals surface area contributed by atoms with E-state index in [-0.39, 0.29) is 100 Å². The minimum absolute atomic E-state index is 0.00107. The average Bonchev–Trinajstić information content (AvgIpc) is 3.44. The van der Waals surface area contributed by atoms with Gasteiger partial charge in [-0.1, -0.05) is 172 Å². The van der Waals surface area contributed by atoms with Crippen LogP contribution >= 0.6 is 0 Å². The SMILES string of the molecule is CCCCC(CC)COC(=O)C(C)(C)CC(C)(CC(C)(CC(C)(CC(C)(CC(CC)c1ccncc1)C(=O)OCC(CC)CCCC)C(=O)OCC(CC)CCCC)C(=O)OCC(CC)CCCC)C(=O)OCC(CC)CCCC. The first-order valence-corrected chi connectivity index (χ1v) is 32.7. The second-order valence-electron chi connectivity index (χ2n) is 26.5. The lowest BCUT2D eigenvalue weighted by Crippen LogP contribution is -2.49. The van der Waals surface area contributed by atoms with Crippen LogP contribution in [0.5, 0.6) is 0 Å². The minimum atomic E-state index is -1.55. The Balaban J connectivity index is 4.45. The number of rotatable bonds is 47. The fraction of sp³-hybridized carbons (Fsp3) is 0.855. The van der Waals surface area contributed by atoms with Crippen LogP contribution in [-0.4, -0.2) is 67.9 Å². The topological polar surface area (TPSA) is 144 Å². The average molecular weight is 1130 g/mol. The standard InChI is InChI=1S/C69H123NO10/c1-18-29-34-53(23-6)44-76-60(71)65(12,13)49-67(15,62(73)78-46-55(25-8)36-31-20-3)51-69(17,64(75)80-48-57(27-10)38-33-22-5)52-68(16,63(74)79-47-56(26-9)37-32-21-4)50-66(14,43-58(28-11)59-39-41-70-42-40-59)61(72)77-45-54(24-7)35-30-19-2/h39-42,53-58H,18-38,43-52H2,1-17H3. The van der Waals surface area contributed by atoms with Gasteiger partial charge in [0.25, 0.3) is 0 Å². The Morgan fingerprint density at radius 2 is 0.637 bits per heavy atom. The predicted molar refractivity (Wildman–Crippen MR) is 328 cm³/mol. The summed E-state index contributed by atoms with van der Waals surface area (Å²) in [4.78, 5) is 80.8. The van der Waals surface area contributed by atoms with Crippen LogP contribution < -0.4 is 0 Å². The fourth-order valence-electron chi connectivity index (χ4n) is 12.5. The number of hydrogen-bond acceptors (Lipinski definition) is 11. The van der Waals surface area contributed by atoms with E-state index >= 15 is 19.2 Å². The van der Waals surface area contributed by atoms with Gasteiger partial charge in [-0.2, -0.15) is 0 Å². The van der Waals surface area contributed by atoms with Crippen molar-refractivity contribution in [2.45, 2.75) is 291 Å². The van der Waals surface area contributed by atoms with Crippen LogP contribution in [0.15, 0.2) is 24.5 Å².